The number of carbonyl (C=O) groups is 1. The molecule has 2 aliphatic heterocycles. The van der Waals surface area contributed by atoms with Crippen LogP contribution in [0.3, 0.4) is 0 Å². The van der Waals surface area contributed by atoms with Crippen molar-refractivity contribution in [1.82, 2.24) is 10.2 Å². The Morgan fingerprint density at radius 3 is 2.81 bits per heavy atom. The van der Waals surface area contributed by atoms with E-state index in [9.17, 15) is 13.6 Å². The fraction of sp³-hybridized carbons (Fsp3) is 0.562. The van der Waals surface area contributed by atoms with Crippen molar-refractivity contribution in [3.05, 3.63) is 35.4 Å². The van der Waals surface area contributed by atoms with Crippen molar-refractivity contribution in [3.8, 4) is 0 Å². The van der Waals surface area contributed by atoms with E-state index in [0.717, 1.165) is 50.9 Å². The first-order chi connectivity index (χ1) is 10.2. The molecule has 114 valence electrons. The summed E-state index contributed by atoms with van der Waals surface area (Å²) in [6, 6.07) is 3.35. The van der Waals surface area contributed by atoms with Gasteiger partial charge in [0.15, 0.2) is 0 Å². The van der Waals surface area contributed by atoms with Crippen molar-refractivity contribution in [1.29, 1.82) is 0 Å². The third-order valence-electron chi connectivity index (χ3n) is 4.60. The van der Waals surface area contributed by atoms with Crippen LogP contribution in [0.4, 0.5) is 8.78 Å². The lowest BCUT2D eigenvalue weighted by molar-refractivity contribution is 0.0666. The molecule has 2 unspecified atom stereocenters. The molecule has 0 aromatic heterocycles. The summed E-state index contributed by atoms with van der Waals surface area (Å²) in [6.07, 6.45) is 4.15. The van der Waals surface area contributed by atoms with Crippen LogP contribution < -0.4 is 5.32 Å². The smallest absolute Gasteiger partial charge is 0.257 e. The zero-order chi connectivity index (χ0) is 14.8. The molecule has 0 bridgehead atoms. The number of amides is 1. The summed E-state index contributed by atoms with van der Waals surface area (Å²) in [5, 5.41) is 3.37. The van der Waals surface area contributed by atoms with Gasteiger partial charge in [0.05, 0.1) is 5.56 Å². The van der Waals surface area contributed by atoms with Crippen LogP contribution in [0.1, 0.15) is 36.0 Å². The monoisotopic (exact) mass is 294 g/mol. The average molecular weight is 294 g/mol. The van der Waals surface area contributed by atoms with Crippen LogP contribution >= 0.6 is 0 Å². The van der Waals surface area contributed by atoms with Crippen LogP contribution in [0.5, 0.6) is 0 Å². The fourth-order valence-corrected chi connectivity index (χ4v) is 3.56. The predicted molar refractivity (Wildman–Crippen MR) is 76.0 cm³/mol. The van der Waals surface area contributed by atoms with Crippen molar-refractivity contribution in [2.75, 3.05) is 19.6 Å². The topological polar surface area (TPSA) is 32.3 Å². The number of likely N-dealkylation sites (tertiary alicyclic amines) is 1. The maximum atomic E-state index is 13.8. The first-order valence-electron chi connectivity index (χ1n) is 7.63. The van der Waals surface area contributed by atoms with Crippen LogP contribution in [0.2, 0.25) is 0 Å². The van der Waals surface area contributed by atoms with Crippen molar-refractivity contribution < 1.29 is 13.6 Å². The first-order valence-corrected chi connectivity index (χ1v) is 7.63. The van der Waals surface area contributed by atoms with E-state index in [1.807, 2.05) is 0 Å². The van der Waals surface area contributed by atoms with Gasteiger partial charge in [-0.25, -0.2) is 8.78 Å². The molecule has 2 saturated heterocycles. The zero-order valence-corrected chi connectivity index (χ0v) is 11.9. The van der Waals surface area contributed by atoms with E-state index in [1.165, 1.54) is 6.07 Å². The lowest BCUT2D eigenvalue weighted by Crippen LogP contribution is -2.45. The molecule has 0 aliphatic carbocycles. The van der Waals surface area contributed by atoms with Gasteiger partial charge in [-0.15, -0.1) is 0 Å². The molecule has 5 heteroatoms. The molecule has 3 nitrogen and oxygen atoms in total. The largest absolute Gasteiger partial charge is 0.335 e. The summed E-state index contributed by atoms with van der Waals surface area (Å²) in [5.41, 5.74) is -0.0212. The van der Waals surface area contributed by atoms with E-state index in [4.69, 9.17) is 0 Å². The van der Waals surface area contributed by atoms with Gasteiger partial charge >= 0.3 is 0 Å². The molecule has 0 saturated carbocycles. The molecule has 2 aliphatic rings. The molecule has 2 atom stereocenters. The van der Waals surface area contributed by atoms with Gasteiger partial charge in [-0.3, -0.25) is 4.79 Å². The highest BCUT2D eigenvalue weighted by atomic mass is 19.1. The number of nitrogens with zero attached hydrogens (tertiary/aromatic N) is 1. The van der Waals surface area contributed by atoms with E-state index in [0.29, 0.717) is 12.5 Å². The van der Waals surface area contributed by atoms with E-state index in [2.05, 4.69) is 5.32 Å². The van der Waals surface area contributed by atoms with E-state index in [1.54, 1.807) is 4.90 Å². The van der Waals surface area contributed by atoms with Gasteiger partial charge in [-0.1, -0.05) is 0 Å². The summed E-state index contributed by atoms with van der Waals surface area (Å²) >= 11 is 0. The number of hydrogen-bond acceptors (Lipinski definition) is 2. The second kappa shape index (κ2) is 6.10. The van der Waals surface area contributed by atoms with Crippen LogP contribution in [-0.4, -0.2) is 36.5 Å². The molecule has 0 spiro atoms. The normalized spacial score (nSPS) is 26.1. The van der Waals surface area contributed by atoms with Gasteiger partial charge in [0, 0.05) is 18.7 Å². The van der Waals surface area contributed by atoms with Gasteiger partial charge < -0.3 is 10.2 Å². The van der Waals surface area contributed by atoms with E-state index in [-0.39, 0.29) is 17.5 Å². The van der Waals surface area contributed by atoms with Gasteiger partial charge in [-0.2, -0.15) is 0 Å². The van der Waals surface area contributed by atoms with Crippen LogP contribution in [0.25, 0.3) is 0 Å². The van der Waals surface area contributed by atoms with Crippen LogP contribution in [0, 0.1) is 17.6 Å². The van der Waals surface area contributed by atoms with Crippen LogP contribution in [0.15, 0.2) is 18.2 Å². The Labute approximate surface area is 123 Å². The zero-order valence-electron chi connectivity index (χ0n) is 11.9. The Kier molecular flexibility index (Phi) is 4.19. The van der Waals surface area contributed by atoms with Gasteiger partial charge in [0.25, 0.3) is 5.91 Å². The number of nitrogens with one attached hydrogen (secondary N) is 1. The predicted octanol–water partition coefficient (Wildman–Crippen LogP) is 2.57. The minimum atomic E-state index is -0.771. The maximum absolute atomic E-state index is 13.8. The van der Waals surface area contributed by atoms with E-state index < -0.39 is 11.6 Å². The Hall–Kier alpha value is -1.49. The molecule has 2 fully saturated rings. The number of hydrogen-bond donors (Lipinski definition) is 1. The van der Waals surface area contributed by atoms with Gasteiger partial charge in [0.1, 0.15) is 11.6 Å². The summed E-state index contributed by atoms with van der Waals surface area (Å²) in [6.45, 7) is 2.61. The van der Waals surface area contributed by atoms with Crippen molar-refractivity contribution in [3.63, 3.8) is 0 Å². The third-order valence-corrected chi connectivity index (χ3v) is 4.60. The van der Waals surface area contributed by atoms with Crippen LogP contribution in [-0.2, 0) is 0 Å². The fourth-order valence-electron chi connectivity index (χ4n) is 3.56. The SMILES string of the molecule is O=C(c1ccc(F)cc1F)N1CCCC1C1CCCNC1. The second-order valence-electron chi connectivity index (χ2n) is 5.94. The van der Waals surface area contributed by atoms with E-state index >= 15 is 0 Å². The summed E-state index contributed by atoms with van der Waals surface area (Å²) < 4.78 is 26.8. The average Bonchev–Trinajstić information content (AvgIpc) is 2.97. The lowest BCUT2D eigenvalue weighted by atomic mass is 9.90. The second-order valence-corrected chi connectivity index (χ2v) is 5.94. The minimum Gasteiger partial charge on any atom is -0.335 e. The van der Waals surface area contributed by atoms with Crippen molar-refractivity contribution >= 4 is 5.91 Å². The molecule has 3 rings (SSSR count). The quantitative estimate of drug-likeness (QED) is 0.909. The Morgan fingerprint density at radius 1 is 1.24 bits per heavy atom. The molecule has 0 radical (unpaired) electrons. The molecular weight excluding hydrogens is 274 g/mol. The molecule has 21 heavy (non-hydrogen) atoms. The molecule has 1 aromatic rings. The number of carbonyl (C=O) groups excluding carboxylic acids is 1. The highest BCUT2D eigenvalue weighted by Gasteiger charge is 2.36. The minimum absolute atomic E-state index is 0.0212. The highest BCUT2D eigenvalue weighted by molar-refractivity contribution is 5.94. The Balaban J connectivity index is 1.79. The molecule has 1 amide bonds. The molecule has 1 aromatic carbocycles. The van der Waals surface area contributed by atoms with Crippen molar-refractivity contribution in [2.24, 2.45) is 5.92 Å². The van der Waals surface area contributed by atoms with Gasteiger partial charge in [0.2, 0.25) is 0 Å². The molecular formula is C16H20F2N2O. The summed E-state index contributed by atoms with van der Waals surface area (Å²) in [5.74, 6) is -1.29. The number of benzene rings is 1. The third kappa shape index (κ3) is 2.93. The molecule has 1 N–H and O–H groups in total. The number of halogens is 2. The number of piperidine rings is 1. The Bertz CT molecular complexity index is 529. The van der Waals surface area contributed by atoms with Gasteiger partial charge in [-0.05, 0) is 56.8 Å². The summed E-state index contributed by atoms with van der Waals surface area (Å²) in [7, 11) is 0. The Morgan fingerprint density at radius 2 is 2.10 bits per heavy atom. The molecule has 2 heterocycles. The lowest BCUT2D eigenvalue weighted by Gasteiger charge is -2.34. The maximum Gasteiger partial charge on any atom is 0.257 e. The van der Waals surface area contributed by atoms with Crippen molar-refractivity contribution in [2.45, 2.75) is 31.7 Å². The number of rotatable bonds is 2. The highest BCUT2D eigenvalue weighted by Crippen LogP contribution is 2.30. The summed E-state index contributed by atoms with van der Waals surface area (Å²) in [4.78, 5) is 14.4. The first kappa shape index (κ1) is 14.4. The standard InChI is InChI=1S/C16H20F2N2O/c17-12-5-6-13(14(18)9-12)16(21)20-8-2-4-15(20)11-3-1-7-19-10-11/h5-6,9,11,15,19H,1-4,7-8,10H2.